The SMILES string of the molecule is CCCO[C@H]1CN(c2ccc(O[C@@H]3CCN(c4cc(OC)ncc4Cl)C[C@H]3C)cc2)[C@@H](CC(=O)O)[C@@H]1C. The molecule has 2 aromatic rings. The summed E-state index contributed by atoms with van der Waals surface area (Å²) >= 11 is 6.41. The summed E-state index contributed by atoms with van der Waals surface area (Å²) in [6.07, 6.45) is 3.65. The highest BCUT2D eigenvalue weighted by atomic mass is 35.5. The maximum Gasteiger partial charge on any atom is 0.305 e. The maximum absolute atomic E-state index is 11.6. The smallest absolute Gasteiger partial charge is 0.305 e. The molecule has 37 heavy (non-hydrogen) atoms. The molecular weight excluding hydrogens is 494 g/mol. The van der Waals surface area contributed by atoms with E-state index < -0.39 is 5.97 Å². The quantitative estimate of drug-likeness (QED) is 0.451. The second-order valence-corrected chi connectivity index (χ2v) is 10.5. The third kappa shape index (κ3) is 6.41. The molecule has 0 spiro atoms. The van der Waals surface area contributed by atoms with Crippen molar-refractivity contribution in [1.82, 2.24) is 4.98 Å². The van der Waals surface area contributed by atoms with Crippen molar-refractivity contribution in [2.45, 2.75) is 58.3 Å². The number of aromatic nitrogens is 1. The molecule has 0 unspecified atom stereocenters. The molecule has 5 atom stereocenters. The van der Waals surface area contributed by atoms with Crippen molar-refractivity contribution in [3.05, 3.63) is 41.6 Å². The van der Waals surface area contributed by atoms with E-state index in [9.17, 15) is 9.90 Å². The topological polar surface area (TPSA) is 84.4 Å². The molecule has 1 aromatic carbocycles. The van der Waals surface area contributed by atoms with Gasteiger partial charge in [0.05, 0.1) is 36.5 Å². The van der Waals surface area contributed by atoms with Gasteiger partial charge in [0.25, 0.3) is 0 Å². The second kappa shape index (κ2) is 12.2. The maximum atomic E-state index is 11.6. The van der Waals surface area contributed by atoms with E-state index in [-0.39, 0.29) is 30.6 Å². The Balaban J connectivity index is 1.39. The van der Waals surface area contributed by atoms with Crippen molar-refractivity contribution < 1.29 is 24.1 Å². The molecule has 0 amide bonds. The van der Waals surface area contributed by atoms with E-state index in [1.165, 1.54) is 0 Å². The second-order valence-electron chi connectivity index (χ2n) is 10.1. The van der Waals surface area contributed by atoms with Gasteiger partial charge in [0, 0.05) is 62.3 Å². The van der Waals surface area contributed by atoms with Gasteiger partial charge in [0.2, 0.25) is 5.88 Å². The predicted octanol–water partition coefficient (Wildman–Crippen LogP) is 5.13. The van der Waals surface area contributed by atoms with Crippen molar-refractivity contribution >= 4 is 28.9 Å². The minimum Gasteiger partial charge on any atom is -0.490 e. The molecular formula is C28H38ClN3O5. The monoisotopic (exact) mass is 531 g/mol. The Morgan fingerprint density at radius 3 is 2.59 bits per heavy atom. The number of rotatable bonds is 10. The molecule has 0 radical (unpaired) electrons. The Morgan fingerprint density at radius 1 is 1.19 bits per heavy atom. The minimum absolute atomic E-state index is 0.0279. The van der Waals surface area contributed by atoms with E-state index in [1.54, 1.807) is 13.3 Å². The summed E-state index contributed by atoms with van der Waals surface area (Å²) < 4.78 is 17.7. The number of methoxy groups -OCH3 is 1. The molecule has 0 saturated carbocycles. The average molecular weight is 532 g/mol. The van der Waals surface area contributed by atoms with Crippen molar-refractivity contribution in [3.63, 3.8) is 0 Å². The van der Waals surface area contributed by atoms with Gasteiger partial charge in [-0.1, -0.05) is 32.4 Å². The molecule has 4 rings (SSSR count). The Kier molecular flexibility index (Phi) is 9.03. The summed E-state index contributed by atoms with van der Waals surface area (Å²) in [6.45, 7) is 9.38. The fourth-order valence-electron chi connectivity index (χ4n) is 5.45. The van der Waals surface area contributed by atoms with Crippen LogP contribution in [0.25, 0.3) is 0 Å². The molecule has 2 fully saturated rings. The molecule has 2 aliphatic rings. The molecule has 1 N–H and O–H groups in total. The lowest BCUT2D eigenvalue weighted by Crippen LogP contribution is -2.44. The third-order valence-electron chi connectivity index (χ3n) is 7.53. The molecule has 2 saturated heterocycles. The van der Waals surface area contributed by atoms with Crippen LogP contribution in [0.4, 0.5) is 11.4 Å². The van der Waals surface area contributed by atoms with E-state index >= 15 is 0 Å². The van der Waals surface area contributed by atoms with Crippen LogP contribution in [0.5, 0.6) is 11.6 Å². The van der Waals surface area contributed by atoms with Crippen LogP contribution in [-0.4, -0.2) is 67.7 Å². The van der Waals surface area contributed by atoms with Crippen molar-refractivity contribution in [2.75, 3.05) is 43.2 Å². The highest BCUT2D eigenvalue weighted by molar-refractivity contribution is 6.33. The zero-order valence-corrected chi connectivity index (χ0v) is 22.9. The van der Waals surface area contributed by atoms with E-state index in [1.807, 2.05) is 30.3 Å². The number of carboxylic acids is 1. The molecule has 0 bridgehead atoms. The van der Waals surface area contributed by atoms with Crippen LogP contribution in [0.15, 0.2) is 36.5 Å². The average Bonchev–Trinajstić information content (AvgIpc) is 3.19. The lowest BCUT2D eigenvalue weighted by atomic mass is 9.96. The molecule has 8 nitrogen and oxygen atoms in total. The molecule has 2 aliphatic heterocycles. The molecule has 0 aliphatic carbocycles. The molecule has 9 heteroatoms. The summed E-state index contributed by atoms with van der Waals surface area (Å²) in [5, 5.41) is 10.1. The van der Waals surface area contributed by atoms with Crippen molar-refractivity contribution in [1.29, 1.82) is 0 Å². The van der Waals surface area contributed by atoms with Gasteiger partial charge >= 0.3 is 5.97 Å². The van der Waals surface area contributed by atoms with Gasteiger partial charge < -0.3 is 29.1 Å². The first kappa shape index (κ1) is 27.3. The first-order valence-corrected chi connectivity index (χ1v) is 13.5. The molecule has 202 valence electrons. The Bertz CT molecular complexity index is 1050. The van der Waals surface area contributed by atoms with Crippen LogP contribution in [0.2, 0.25) is 5.02 Å². The molecule has 3 heterocycles. The highest BCUT2D eigenvalue weighted by Gasteiger charge is 2.40. The van der Waals surface area contributed by atoms with Gasteiger partial charge in [-0.15, -0.1) is 0 Å². The minimum atomic E-state index is -0.787. The predicted molar refractivity (Wildman–Crippen MR) is 145 cm³/mol. The van der Waals surface area contributed by atoms with Gasteiger partial charge in [-0.05, 0) is 30.7 Å². The number of anilines is 2. The normalized spacial score (nSPS) is 25.8. The van der Waals surface area contributed by atoms with Crippen molar-refractivity contribution in [3.8, 4) is 11.6 Å². The number of aliphatic carboxylic acids is 1. The fraction of sp³-hybridized carbons (Fsp3) is 0.571. The zero-order valence-electron chi connectivity index (χ0n) is 22.1. The summed E-state index contributed by atoms with van der Waals surface area (Å²) in [6, 6.07) is 9.81. The van der Waals surface area contributed by atoms with Gasteiger partial charge in [-0.25, -0.2) is 4.98 Å². The van der Waals surface area contributed by atoms with E-state index in [0.717, 1.165) is 43.1 Å². The summed E-state index contributed by atoms with van der Waals surface area (Å²) in [5.74, 6) is 1.01. The Labute approximate surface area is 224 Å². The number of nitrogens with zero attached hydrogens (tertiary/aromatic N) is 3. The van der Waals surface area contributed by atoms with Crippen molar-refractivity contribution in [2.24, 2.45) is 11.8 Å². The van der Waals surface area contributed by atoms with Crippen LogP contribution < -0.4 is 19.3 Å². The number of hydrogen-bond donors (Lipinski definition) is 1. The standard InChI is InChI=1S/C28H38ClN3O5/c1-5-12-36-26-17-32(23(19(26)3)14-28(33)34)20-6-8-21(9-7-20)37-25-10-11-31(16-18(25)2)24-13-27(35-4)30-15-22(24)29/h6-9,13,15,18-19,23,25-26H,5,10-12,14,16-17H2,1-4H3,(H,33,34)/t18-,19+,23+,25-,26+/m1/s1. The first-order valence-electron chi connectivity index (χ1n) is 13.1. The zero-order chi connectivity index (χ0) is 26.5. The van der Waals surface area contributed by atoms with Crippen LogP contribution in [0, 0.1) is 11.8 Å². The largest absolute Gasteiger partial charge is 0.490 e. The van der Waals surface area contributed by atoms with E-state index in [4.69, 9.17) is 25.8 Å². The van der Waals surface area contributed by atoms with Crippen LogP contribution in [0.1, 0.15) is 40.0 Å². The van der Waals surface area contributed by atoms with Crippen LogP contribution >= 0.6 is 11.6 Å². The third-order valence-corrected chi connectivity index (χ3v) is 7.82. The summed E-state index contributed by atoms with van der Waals surface area (Å²) in [5.41, 5.74) is 1.93. The Morgan fingerprint density at radius 2 is 1.95 bits per heavy atom. The van der Waals surface area contributed by atoms with Gasteiger partial charge in [0.15, 0.2) is 0 Å². The van der Waals surface area contributed by atoms with Crippen LogP contribution in [-0.2, 0) is 9.53 Å². The Hall–Kier alpha value is -2.71. The number of halogens is 1. The number of ether oxygens (including phenoxy) is 3. The number of carboxylic acid groups (broad SMARTS) is 1. The summed E-state index contributed by atoms with van der Waals surface area (Å²) in [4.78, 5) is 20.2. The first-order chi connectivity index (χ1) is 17.8. The fourth-order valence-corrected chi connectivity index (χ4v) is 5.67. The molecule has 1 aromatic heterocycles. The lowest BCUT2D eigenvalue weighted by Gasteiger charge is -2.38. The van der Waals surface area contributed by atoms with E-state index in [2.05, 4.69) is 35.6 Å². The number of pyridine rings is 1. The summed E-state index contributed by atoms with van der Waals surface area (Å²) in [7, 11) is 1.60. The van der Waals surface area contributed by atoms with Gasteiger partial charge in [0.1, 0.15) is 11.9 Å². The number of benzene rings is 1. The number of carbonyl (C=O) groups is 1. The number of hydrogen-bond acceptors (Lipinski definition) is 7. The van der Waals surface area contributed by atoms with Gasteiger partial charge in [-0.3, -0.25) is 4.79 Å². The highest BCUT2D eigenvalue weighted by Crippen LogP contribution is 2.36. The number of piperidine rings is 1. The van der Waals surface area contributed by atoms with Gasteiger partial charge in [-0.2, -0.15) is 0 Å². The van der Waals surface area contributed by atoms with E-state index in [0.29, 0.717) is 30.0 Å². The lowest BCUT2D eigenvalue weighted by molar-refractivity contribution is -0.137. The van der Waals surface area contributed by atoms with Crippen LogP contribution in [0.3, 0.4) is 0 Å².